The topological polar surface area (TPSA) is 38.8 Å². The quantitative estimate of drug-likeness (QED) is 0.716. The second kappa shape index (κ2) is 7.74. The Morgan fingerprint density at radius 2 is 2.24 bits per heavy atom. The molecule has 0 saturated carbocycles. The largest absolute Gasteiger partial charge is 0.493 e. The first-order valence-electron chi connectivity index (χ1n) is 8.48. The standard InChI is InChI=1S/C20H23NO3S/c1-4-11-24-17-7-6-14(13-18(17)23-3)20(22)21-10-8-19-15(9-12-25-19)16(21)5-2/h4,6-7,9,12-13,16H,1,5,8,10-11H2,2-3H3. The van der Waals surface area contributed by atoms with E-state index in [1.807, 2.05) is 4.90 Å². The van der Waals surface area contributed by atoms with Crippen LogP contribution >= 0.6 is 11.3 Å². The van der Waals surface area contributed by atoms with Gasteiger partial charge in [0.1, 0.15) is 6.61 Å². The third-order valence-electron chi connectivity index (χ3n) is 4.51. The number of methoxy groups -OCH3 is 1. The van der Waals surface area contributed by atoms with Gasteiger partial charge >= 0.3 is 0 Å². The number of amides is 1. The number of carbonyl (C=O) groups excluding carboxylic acids is 1. The Hall–Kier alpha value is -2.27. The van der Waals surface area contributed by atoms with Crippen molar-refractivity contribution in [2.45, 2.75) is 25.8 Å². The van der Waals surface area contributed by atoms with Crippen molar-refractivity contribution in [1.82, 2.24) is 4.90 Å². The molecule has 1 aliphatic rings. The molecule has 1 amide bonds. The number of benzene rings is 1. The maximum Gasteiger partial charge on any atom is 0.254 e. The molecule has 3 rings (SSSR count). The predicted octanol–water partition coefficient (Wildman–Crippen LogP) is 4.47. The Balaban J connectivity index is 1.86. The molecule has 0 bridgehead atoms. The lowest BCUT2D eigenvalue weighted by Gasteiger charge is -2.35. The summed E-state index contributed by atoms with van der Waals surface area (Å²) in [4.78, 5) is 16.5. The first kappa shape index (κ1) is 17.5. The average molecular weight is 357 g/mol. The molecule has 132 valence electrons. The molecule has 2 aromatic rings. The van der Waals surface area contributed by atoms with Crippen LogP contribution in [0.15, 0.2) is 42.3 Å². The summed E-state index contributed by atoms with van der Waals surface area (Å²) in [5, 5.41) is 2.12. The molecule has 0 aliphatic carbocycles. The smallest absolute Gasteiger partial charge is 0.254 e. The highest BCUT2D eigenvalue weighted by Crippen LogP contribution is 2.37. The van der Waals surface area contributed by atoms with Gasteiger partial charge in [-0.05, 0) is 48.1 Å². The van der Waals surface area contributed by atoms with Gasteiger partial charge in [0.2, 0.25) is 0 Å². The number of hydrogen-bond acceptors (Lipinski definition) is 4. The normalized spacial score (nSPS) is 16.2. The second-order valence-corrected chi connectivity index (χ2v) is 6.94. The van der Waals surface area contributed by atoms with Crippen LogP contribution in [0.1, 0.15) is 40.2 Å². The van der Waals surface area contributed by atoms with Crippen molar-refractivity contribution in [3.8, 4) is 11.5 Å². The van der Waals surface area contributed by atoms with Gasteiger partial charge in [-0.1, -0.05) is 19.6 Å². The molecule has 0 N–H and O–H groups in total. The summed E-state index contributed by atoms with van der Waals surface area (Å²) in [5.74, 6) is 1.22. The minimum atomic E-state index is 0.0391. The molecular weight excluding hydrogens is 334 g/mol. The first-order chi connectivity index (χ1) is 12.2. The summed E-state index contributed by atoms with van der Waals surface area (Å²) >= 11 is 1.79. The van der Waals surface area contributed by atoms with Crippen LogP contribution in [-0.2, 0) is 6.42 Å². The zero-order valence-corrected chi connectivity index (χ0v) is 15.5. The molecule has 0 fully saturated rings. The van der Waals surface area contributed by atoms with Crippen molar-refractivity contribution in [3.63, 3.8) is 0 Å². The van der Waals surface area contributed by atoms with Gasteiger partial charge in [-0.2, -0.15) is 0 Å². The summed E-state index contributed by atoms with van der Waals surface area (Å²) in [6, 6.07) is 7.65. The number of thiophene rings is 1. The maximum atomic E-state index is 13.1. The van der Waals surface area contributed by atoms with Crippen molar-refractivity contribution in [1.29, 1.82) is 0 Å². The molecule has 5 heteroatoms. The molecule has 4 nitrogen and oxygen atoms in total. The lowest BCUT2D eigenvalue weighted by atomic mass is 9.97. The van der Waals surface area contributed by atoms with E-state index in [1.54, 1.807) is 42.7 Å². The Kier molecular flexibility index (Phi) is 5.43. The number of rotatable bonds is 6. The van der Waals surface area contributed by atoms with Gasteiger partial charge in [0.25, 0.3) is 5.91 Å². The fourth-order valence-corrected chi connectivity index (χ4v) is 4.24. The van der Waals surface area contributed by atoms with Crippen LogP contribution in [0.3, 0.4) is 0 Å². The summed E-state index contributed by atoms with van der Waals surface area (Å²) in [6.45, 7) is 6.92. The van der Waals surface area contributed by atoms with Gasteiger partial charge in [-0.3, -0.25) is 4.79 Å². The van der Waals surface area contributed by atoms with E-state index in [0.29, 0.717) is 23.7 Å². The third-order valence-corrected chi connectivity index (χ3v) is 5.51. The molecule has 0 spiro atoms. The minimum absolute atomic E-state index is 0.0391. The van der Waals surface area contributed by atoms with Crippen molar-refractivity contribution in [2.24, 2.45) is 0 Å². The van der Waals surface area contributed by atoms with Crippen molar-refractivity contribution in [2.75, 3.05) is 20.3 Å². The Morgan fingerprint density at radius 1 is 1.40 bits per heavy atom. The van der Waals surface area contributed by atoms with Crippen LogP contribution in [0.4, 0.5) is 0 Å². The van der Waals surface area contributed by atoms with Gasteiger partial charge in [0.15, 0.2) is 11.5 Å². The molecule has 0 saturated heterocycles. The predicted molar refractivity (Wildman–Crippen MR) is 101 cm³/mol. The molecule has 25 heavy (non-hydrogen) atoms. The van der Waals surface area contributed by atoms with Gasteiger partial charge in [-0.15, -0.1) is 11.3 Å². The van der Waals surface area contributed by atoms with Crippen LogP contribution in [0.2, 0.25) is 0 Å². The summed E-state index contributed by atoms with van der Waals surface area (Å²) < 4.78 is 11.0. The maximum absolute atomic E-state index is 13.1. The lowest BCUT2D eigenvalue weighted by molar-refractivity contribution is 0.0657. The number of fused-ring (bicyclic) bond motifs is 1. The Bertz CT molecular complexity index is 768. The monoisotopic (exact) mass is 357 g/mol. The number of nitrogens with zero attached hydrogens (tertiary/aromatic N) is 1. The van der Waals surface area contributed by atoms with Crippen LogP contribution in [0.5, 0.6) is 11.5 Å². The van der Waals surface area contributed by atoms with E-state index in [0.717, 1.165) is 19.4 Å². The molecule has 1 atom stereocenters. The number of hydrogen-bond donors (Lipinski definition) is 0. The highest BCUT2D eigenvalue weighted by Gasteiger charge is 2.31. The van der Waals surface area contributed by atoms with E-state index >= 15 is 0 Å². The van der Waals surface area contributed by atoms with Gasteiger partial charge < -0.3 is 14.4 Å². The van der Waals surface area contributed by atoms with Crippen LogP contribution in [0.25, 0.3) is 0 Å². The van der Waals surface area contributed by atoms with Crippen LogP contribution in [-0.4, -0.2) is 31.1 Å². The van der Waals surface area contributed by atoms with E-state index in [1.165, 1.54) is 10.4 Å². The first-order valence-corrected chi connectivity index (χ1v) is 9.36. The number of ether oxygens (including phenoxy) is 2. The molecule has 1 aromatic carbocycles. The Labute approximate surface area is 152 Å². The zero-order chi connectivity index (χ0) is 17.8. The molecule has 0 radical (unpaired) electrons. The van der Waals surface area contributed by atoms with Crippen LogP contribution < -0.4 is 9.47 Å². The van der Waals surface area contributed by atoms with E-state index in [-0.39, 0.29) is 11.9 Å². The SMILES string of the molecule is C=CCOc1ccc(C(=O)N2CCc3sccc3C2CC)cc1OC. The third kappa shape index (κ3) is 3.42. The van der Waals surface area contributed by atoms with E-state index in [9.17, 15) is 4.79 Å². The molecular formula is C20H23NO3S. The molecule has 1 unspecified atom stereocenters. The van der Waals surface area contributed by atoms with Gasteiger partial charge in [-0.25, -0.2) is 0 Å². The van der Waals surface area contributed by atoms with E-state index in [4.69, 9.17) is 9.47 Å². The minimum Gasteiger partial charge on any atom is -0.493 e. The van der Waals surface area contributed by atoms with E-state index in [2.05, 4.69) is 24.9 Å². The summed E-state index contributed by atoms with van der Waals surface area (Å²) in [6.07, 6.45) is 3.51. The fourth-order valence-electron chi connectivity index (χ4n) is 3.31. The number of carbonyl (C=O) groups is 1. The lowest BCUT2D eigenvalue weighted by Crippen LogP contribution is -2.39. The zero-order valence-electron chi connectivity index (χ0n) is 14.7. The fraction of sp³-hybridized carbons (Fsp3) is 0.350. The van der Waals surface area contributed by atoms with Crippen molar-refractivity contribution < 1.29 is 14.3 Å². The van der Waals surface area contributed by atoms with E-state index < -0.39 is 0 Å². The molecule has 1 aromatic heterocycles. The highest BCUT2D eigenvalue weighted by molar-refractivity contribution is 7.10. The highest BCUT2D eigenvalue weighted by atomic mass is 32.1. The summed E-state index contributed by atoms with van der Waals surface area (Å²) in [7, 11) is 1.58. The van der Waals surface area contributed by atoms with Crippen molar-refractivity contribution in [3.05, 3.63) is 58.3 Å². The van der Waals surface area contributed by atoms with Gasteiger partial charge in [0.05, 0.1) is 13.2 Å². The Morgan fingerprint density at radius 3 is 2.96 bits per heavy atom. The molecule has 2 heterocycles. The second-order valence-electron chi connectivity index (χ2n) is 5.94. The average Bonchev–Trinajstić information content (AvgIpc) is 3.13. The van der Waals surface area contributed by atoms with Crippen molar-refractivity contribution >= 4 is 17.2 Å². The summed E-state index contributed by atoms with van der Waals surface area (Å²) in [5.41, 5.74) is 1.92. The van der Waals surface area contributed by atoms with Crippen LogP contribution in [0, 0.1) is 0 Å². The molecule has 1 aliphatic heterocycles. The van der Waals surface area contributed by atoms with Gasteiger partial charge in [0, 0.05) is 17.0 Å².